The molecule has 0 aliphatic heterocycles. The summed E-state index contributed by atoms with van der Waals surface area (Å²) in [5.74, 6) is -1.29. The molecule has 3 aromatic rings. The molecular formula is C21H22ClN3O6. The summed E-state index contributed by atoms with van der Waals surface area (Å²) in [4.78, 5) is 22.7. The van der Waals surface area contributed by atoms with E-state index in [0.717, 1.165) is 34.3 Å². The number of ether oxygens (including phenoxy) is 2. The molecule has 2 aromatic carbocycles. The van der Waals surface area contributed by atoms with E-state index in [0.29, 0.717) is 11.6 Å². The third-order valence-electron chi connectivity index (χ3n) is 4.22. The number of carboxylic acids is 2. The van der Waals surface area contributed by atoms with Crippen LogP contribution in [0.25, 0.3) is 11.3 Å². The Kier molecular flexibility index (Phi) is 8.27. The van der Waals surface area contributed by atoms with Crippen molar-refractivity contribution in [3.8, 4) is 22.8 Å². The van der Waals surface area contributed by atoms with Gasteiger partial charge in [-0.25, -0.2) is 14.6 Å². The van der Waals surface area contributed by atoms with Crippen LogP contribution in [0.3, 0.4) is 0 Å². The molecule has 0 aliphatic rings. The van der Waals surface area contributed by atoms with Gasteiger partial charge in [0.15, 0.2) is 0 Å². The standard InChI is InChI=1S/C19H20ClN3O2.C2H2O4/c1-23-17(13-5-4-6-15(20)9-13)12-22-19(23)21-11-14-10-16(24-2)7-8-18(14)25-3;3-1(4)2(5)6/h4-10,12H,11H2,1-3H3,(H,21,22);(H,3,4)(H,5,6). The summed E-state index contributed by atoms with van der Waals surface area (Å²) in [6.07, 6.45) is 1.83. The van der Waals surface area contributed by atoms with E-state index in [-0.39, 0.29) is 0 Å². The van der Waals surface area contributed by atoms with Crippen LogP contribution in [0, 0.1) is 0 Å². The van der Waals surface area contributed by atoms with Gasteiger partial charge >= 0.3 is 11.9 Å². The molecule has 0 atom stereocenters. The maximum absolute atomic E-state index is 9.10. The quantitative estimate of drug-likeness (QED) is 0.490. The predicted molar refractivity (Wildman–Crippen MR) is 116 cm³/mol. The van der Waals surface area contributed by atoms with Crippen LogP contribution in [0.4, 0.5) is 5.95 Å². The van der Waals surface area contributed by atoms with Gasteiger partial charge < -0.3 is 29.6 Å². The van der Waals surface area contributed by atoms with Crippen molar-refractivity contribution in [3.05, 3.63) is 59.2 Å². The Balaban J connectivity index is 0.000000501. The SMILES string of the molecule is COc1ccc(OC)c(CNc2ncc(-c3cccc(Cl)c3)n2C)c1.O=C(O)C(=O)O. The summed E-state index contributed by atoms with van der Waals surface area (Å²) < 4.78 is 12.7. The normalized spacial score (nSPS) is 9.94. The largest absolute Gasteiger partial charge is 0.497 e. The van der Waals surface area contributed by atoms with E-state index in [9.17, 15) is 0 Å². The Morgan fingerprint density at radius 3 is 2.39 bits per heavy atom. The lowest BCUT2D eigenvalue weighted by atomic mass is 10.2. The van der Waals surface area contributed by atoms with Gasteiger partial charge in [0.1, 0.15) is 11.5 Å². The Bertz CT molecular complexity index is 1060. The highest BCUT2D eigenvalue weighted by Crippen LogP contribution is 2.27. The fourth-order valence-electron chi connectivity index (χ4n) is 2.68. The first-order valence-electron chi connectivity index (χ1n) is 8.95. The molecule has 0 saturated heterocycles. The minimum atomic E-state index is -1.82. The number of anilines is 1. The van der Waals surface area contributed by atoms with Gasteiger partial charge in [-0.3, -0.25) is 0 Å². The number of rotatable bonds is 6. The number of hydrogen-bond acceptors (Lipinski definition) is 6. The molecule has 3 rings (SSSR count). The number of nitrogens with one attached hydrogen (secondary N) is 1. The van der Waals surface area contributed by atoms with Crippen molar-refractivity contribution in [3.63, 3.8) is 0 Å². The summed E-state index contributed by atoms with van der Waals surface area (Å²) in [5.41, 5.74) is 3.01. The number of methoxy groups -OCH3 is 2. The van der Waals surface area contributed by atoms with Crippen molar-refractivity contribution in [2.75, 3.05) is 19.5 Å². The molecule has 0 saturated carbocycles. The van der Waals surface area contributed by atoms with Crippen molar-refractivity contribution in [2.24, 2.45) is 7.05 Å². The first-order chi connectivity index (χ1) is 14.8. The van der Waals surface area contributed by atoms with Crippen molar-refractivity contribution >= 4 is 29.5 Å². The molecule has 10 heteroatoms. The topological polar surface area (TPSA) is 123 Å². The van der Waals surface area contributed by atoms with Gasteiger partial charge in [-0.15, -0.1) is 0 Å². The van der Waals surface area contributed by atoms with Gasteiger partial charge in [-0.05, 0) is 30.3 Å². The van der Waals surface area contributed by atoms with Gasteiger partial charge in [0, 0.05) is 29.7 Å². The maximum atomic E-state index is 9.10. The summed E-state index contributed by atoms with van der Waals surface area (Å²) in [6.45, 7) is 0.570. The van der Waals surface area contributed by atoms with Crippen molar-refractivity contribution in [2.45, 2.75) is 6.54 Å². The molecule has 1 heterocycles. The van der Waals surface area contributed by atoms with Gasteiger partial charge in [-0.1, -0.05) is 23.7 Å². The smallest absolute Gasteiger partial charge is 0.414 e. The first-order valence-corrected chi connectivity index (χ1v) is 9.33. The molecule has 0 spiro atoms. The summed E-state index contributed by atoms with van der Waals surface area (Å²) in [5, 5.41) is 18.8. The highest BCUT2D eigenvalue weighted by atomic mass is 35.5. The van der Waals surface area contributed by atoms with Crippen LogP contribution >= 0.6 is 11.6 Å². The van der Waals surface area contributed by atoms with Gasteiger partial charge in [0.25, 0.3) is 0 Å². The zero-order valence-electron chi connectivity index (χ0n) is 17.1. The molecule has 0 radical (unpaired) electrons. The molecule has 3 N–H and O–H groups in total. The molecule has 0 unspecified atom stereocenters. The number of carboxylic acid groups (broad SMARTS) is 2. The van der Waals surface area contributed by atoms with Crippen molar-refractivity contribution in [1.82, 2.24) is 9.55 Å². The zero-order valence-corrected chi connectivity index (χ0v) is 17.9. The molecule has 0 bridgehead atoms. The molecule has 164 valence electrons. The average molecular weight is 448 g/mol. The van der Waals surface area contributed by atoms with Crippen LogP contribution < -0.4 is 14.8 Å². The minimum absolute atomic E-state index is 0.570. The fraction of sp³-hybridized carbons (Fsp3) is 0.190. The van der Waals surface area contributed by atoms with E-state index in [1.165, 1.54) is 0 Å². The number of imidazole rings is 1. The second-order valence-electron chi connectivity index (χ2n) is 6.18. The zero-order chi connectivity index (χ0) is 23.0. The summed E-state index contributed by atoms with van der Waals surface area (Å²) in [6, 6.07) is 13.4. The molecule has 1 aromatic heterocycles. The Labute approximate surface area is 183 Å². The number of nitrogens with zero attached hydrogens (tertiary/aromatic N) is 2. The minimum Gasteiger partial charge on any atom is -0.497 e. The van der Waals surface area contributed by atoms with E-state index in [2.05, 4.69) is 10.3 Å². The van der Waals surface area contributed by atoms with Gasteiger partial charge in [-0.2, -0.15) is 0 Å². The van der Waals surface area contributed by atoms with Crippen LogP contribution in [-0.4, -0.2) is 45.9 Å². The molecule has 31 heavy (non-hydrogen) atoms. The molecule has 0 aliphatic carbocycles. The lowest BCUT2D eigenvalue weighted by Gasteiger charge is -2.12. The van der Waals surface area contributed by atoms with E-state index < -0.39 is 11.9 Å². The summed E-state index contributed by atoms with van der Waals surface area (Å²) >= 11 is 6.09. The van der Waals surface area contributed by atoms with Crippen molar-refractivity contribution < 1.29 is 29.3 Å². The number of benzene rings is 2. The number of aromatic nitrogens is 2. The lowest BCUT2D eigenvalue weighted by Crippen LogP contribution is -2.09. The molecule has 0 fully saturated rings. The fourth-order valence-corrected chi connectivity index (χ4v) is 2.87. The van der Waals surface area contributed by atoms with Crippen LogP contribution in [0.15, 0.2) is 48.7 Å². The highest BCUT2D eigenvalue weighted by Gasteiger charge is 2.11. The Morgan fingerprint density at radius 1 is 1.10 bits per heavy atom. The third kappa shape index (κ3) is 6.38. The number of hydrogen-bond donors (Lipinski definition) is 3. The lowest BCUT2D eigenvalue weighted by molar-refractivity contribution is -0.159. The van der Waals surface area contributed by atoms with E-state index in [1.54, 1.807) is 14.2 Å². The second-order valence-corrected chi connectivity index (χ2v) is 6.61. The van der Waals surface area contributed by atoms with Crippen LogP contribution in [0.1, 0.15) is 5.56 Å². The molecule has 9 nitrogen and oxygen atoms in total. The van der Waals surface area contributed by atoms with Crippen LogP contribution in [-0.2, 0) is 23.2 Å². The van der Waals surface area contributed by atoms with Crippen molar-refractivity contribution in [1.29, 1.82) is 0 Å². The highest BCUT2D eigenvalue weighted by molar-refractivity contribution is 6.30. The monoisotopic (exact) mass is 447 g/mol. The number of carbonyl (C=O) groups is 2. The average Bonchev–Trinajstić information content (AvgIpc) is 3.12. The van der Waals surface area contributed by atoms with E-state index in [4.69, 9.17) is 40.9 Å². The number of aliphatic carboxylic acids is 2. The second kappa shape index (κ2) is 10.9. The Morgan fingerprint density at radius 2 is 1.81 bits per heavy atom. The molecular weight excluding hydrogens is 426 g/mol. The van der Waals surface area contributed by atoms with Crippen LogP contribution in [0.2, 0.25) is 5.02 Å². The maximum Gasteiger partial charge on any atom is 0.414 e. The molecule has 0 amide bonds. The Hall–Kier alpha value is -3.72. The summed E-state index contributed by atoms with van der Waals surface area (Å²) in [7, 11) is 5.27. The van der Waals surface area contributed by atoms with E-state index >= 15 is 0 Å². The van der Waals surface area contributed by atoms with E-state index in [1.807, 2.05) is 60.3 Å². The number of halogens is 1. The van der Waals surface area contributed by atoms with Crippen LogP contribution in [0.5, 0.6) is 11.5 Å². The van der Waals surface area contributed by atoms with Gasteiger partial charge in [0.2, 0.25) is 5.95 Å². The third-order valence-corrected chi connectivity index (χ3v) is 4.45. The first kappa shape index (κ1) is 23.6. The predicted octanol–water partition coefficient (Wildman–Crippen LogP) is 3.53. The van der Waals surface area contributed by atoms with Gasteiger partial charge in [0.05, 0.1) is 26.1 Å².